The summed E-state index contributed by atoms with van der Waals surface area (Å²) >= 11 is 0. The molecule has 128 valence electrons. The van der Waals surface area contributed by atoms with Crippen LogP contribution in [0.3, 0.4) is 0 Å². The van der Waals surface area contributed by atoms with E-state index in [9.17, 15) is 4.79 Å². The monoisotopic (exact) mass is 326 g/mol. The lowest BCUT2D eigenvalue weighted by atomic mass is 10.1. The maximum Gasteiger partial charge on any atom is 0.226 e. The van der Waals surface area contributed by atoms with Gasteiger partial charge in [0, 0.05) is 38.3 Å². The molecule has 2 aliphatic rings. The van der Waals surface area contributed by atoms with Gasteiger partial charge in [0.15, 0.2) is 5.96 Å². The Hall–Kier alpha value is -2.30. The molecule has 5 nitrogen and oxygen atoms in total. The summed E-state index contributed by atoms with van der Waals surface area (Å²) in [5.74, 6) is 1.07. The summed E-state index contributed by atoms with van der Waals surface area (Å²) in [5.41, 5.74) is 2.18. The van der Waals surface area contributed by atoms with E-state index in [-0.39, 0.29) is 5.91 Å². The third-order valence-electron chi connectivity index (χ3n) is 4.60. The van der Waals surface area contributed by atoms with Crippen molar-refractivity contribution in [2.75, 3.05) is 18.5 Å². The number of aliphatic imine (C=N–C) groups is 1. The fourth-order valence-corrected chi connectivity index (χ4v) is 3.18. The molecule has 1 aromatic rings. The molecule has 1 aliphatic carbocycles. The van der Waals surface area contributed by atoms with E-state index in [1.807, 2.05) is 17.0 Å². The van der Waals surface area contributed by atoms with Crippen LogP contribution in [0.4, 0.5) is 5.69 Å². The molecule has 0 bridgehead atoms. The molecule has 1 aromatic carbocycles. The third-order valence-corrected chi connectivity index (χ3v) is 4.60. The summed E-state index contributed by atoms with van der Waals surface area (Å²) in [6.07, 6.45) is 9.28. The van der Waals surface area contributed by atoms with E-state index < -0.39 is 0 Å². The molecule has 0 unspecified atom stereocenters. The van der Waals surface area contributed by atoms with E-state index in [2.05, 4.69) is 39.9 Å². The predicted molar refractivity (Wildman–Crippen MR) is 98.1 cm³/mol. The van der Waals surface area contributed by atoms with E-state index in [1.54, 1.807) is 7.05 Å². The molecule has 0 aromatic heterocycles. The van der Waals surface area contributed by atoms with Crippen LogP contribution in [0.5, 0.6) is 0 Å². The predicted octanol–water partition coefficient (Wildman–Crippen LogP) is 2.59. The minimum absolute atomic E-state index is 0.238. The third kappa shape index (κ3) is 4.16. The zero-order chi connectivity index (χ0) is 16.8. The van der Waals surface area contributed by atoms with Crippen LogP contribution in [0, 0.1) is 0 Å². The first kappa shape index (κ1) is 16.6. The van der Waals surface area contributed by atoms with Gasteiger partial charge in [-0.25, -0.2) is 0 Å². The van der Waals surface area contributed by atoms with Crippen molar-refractivity contribution in [3.05, 3.63) is 42.0 Å². The Balaban J connectivity index is 1.52. The minimum atomic E-state index is 0.238. The number of hydrogen-bond acceptors (Lipinski definition) is 2. The number of guanidine groups is 1. The summed E-state index contributed by atoms with van der Waals surface area (Å²) < 4.78 is 0. The lowest BCUT2D eigenvalue weighted by Crippen LogP contribution is -2.42. The number of carbonyl (C=O) groups excluding carboxylic acids is 1. The number of hydrogen-bond donors (Lipinski definition) is 2. The van der Waals surface area contributed by atoms with Crippen LogP contribution in [0.1, 0.15) is 37.7 Å². The average Bonchev–Trinajstić information content (AvgIpc) is 3.13. The van der Waals surface area contributed by atoms with E-state index in [0.717, 1.165) is 43.9 Å². The van der Waals surface area contributed by atoms with Crippen LogP contribution < -0.4 is 15.5 Å². The SMILES string of the molecule is CN=C(NCc1ccc(N2CCCCC2=O)cc1)NC1CC=CC1. The molecule has 24 heavy (non-hydrogen) atoms. The minimum Gasteiger partial charge on any atom is -0.353 e. The smallest absolute Gasteiger partial charge is 0.226 e. The van der Waals surface area contributed by atoms with Gasteiger partial charge in [0.25, 0.3) is 0 Å². The van der Waals surface area contributed by atoms with Crippen molar-refractivity contribution in [2.24, 2.45) is 4.99 Å². The molecule has 0 atom stereocenters. The first-order chi connectivity index (χ1) is 11.8. The highest BCUT2D eigenvalue weighted by atomic mass is 16.2. The maximum absolute atomic E-state index is 12.0. The molecule has 5 heteroatoms. The van der Waals surface area contributed by atoms with E-state index >= 15 is 0 Å². The zero-order valence-corrected chi connectivity index (χ0v) is 14.3. The summed E-state index contributed by atoms with van der Waals surface area (Å²) in [7, 11) is 1.79. The second-order valence-corrected chi connectivity index (χ2v) is 6.38. The Morgan fingerprint density at radius 3 is 2.62 bits per heavy atom. The highest BCUT2D eigenvalue weighted by molar-refractivity contribution is 5.93. The summed E-state index contributed by atoms with van der Waals surface area (Å²) in [6.45, 7) is 1.55. The van der Waals surface area contributed by atoms with Crippen LogP contribution in [-0.4, -0.2) is 31.5 Å². The van der Waals surface area contributed by atoms with Crippen LogP contribution in [0.25, 0.3) is 0 Å². The maximum atomic E-state index is 12.0. The van der Waals surface area contributed by atoms with Gasteiger partial charge in [0.05, 0.1) is 0 Å². The first-order valence-electron chi connectivity index (χ1n) is 8.78. The van der Waals surface area contributed by atoms with Gasteiger partial charge >= 0.3 is 0 Å². The number of nitrogens with zero attached hydrogens (tertiary/aromatic N) is 2. The Bertz CT molecular complexity index is 613. The van der Waals surface area contributed by atoms with Crippen LogP contribution in [0.15, 0.2) is 41.4 Å². The van der Waals surface area contributed by atoms with Gasteiger partial charge in [0.1, 0.15) is 0 Å². The van der Waals surface area contributed by atoms with Crippen molar-refractivity contribution < 1.29 is 4.79 Å². The van der Waals surface area contributed by atoms with Crippen molar-refractivity contribution in [2.45, 2.75) is 44.7 Å². The normalized spacial score (nSPS) is 19.0. The molecule has 1 amide bonds. The zero-order valence-electron chi connectivity index (χ0n) is 14.3. The lowest BCUT2D eigenvalue weighted by molar-refractivity contribution is -0.119. The van der Waals surface area contributed by atoms with Gasteiger partial charge in [0.2, 0.25) is 5.91 Å². The van der Waals surface area contributed by atoms with Crippen LogP contribution in [0.2, 0.25) is 0 Å². The van der Waals surface area contributed by atoms with Gasteiger partial charge in [-0.15, -0.1) is 0 Å². The van der Waals surface area contributed by atoms with Crippen molar-refractivity contribution in [1.82, 2.24) is 10.6 Å². The Labute approximate surface area is 143 Å². The number of nitrogens with one attached hydrogen (secondary N) is 2. The first-order valence-corrected chi connectivity index (χ1v) is 8.78. The fraction of sp³-hybridized carbons (Fsp3) is 0.474. The Morgan fingerprint density at radius 2 is 1.96 bits per heavy atom. The standard InChI is InChI=1S/C19H26N4O/c1-20-19(22-16-6-2-3-7-16)21-14-15-9-11-17(12-10-15)23-13-5-4-8-18(23)24/h2-3,9-12,16H,4-8,13-14H2,1H3,(H2,20,21,22). The molecule has 0 radical (unpaired) electrons. The molecule has 0 saturated carbocycles. The quantitative estimate of drug-likeness (QED) is 0.508. The Kier molecular flexibility index (Phi) is 5.51. The largest absolute Gasteiger partial charge is 0.353 e. The van der Waals surface area contributed by atoms with E-state index in [4.69, 9.17) is 0 Å². The molecule has 2 N–H and O–H groups in total. The molecule has 0 spiro atoms. The lowest BCUT2D eigenvalue weighted by Gasteiger charge is -2.27. The molecule has 3 rings (SSSR count). The van der Waals surface area contributed by atoms with Gasteiger partial charge in [-0.3, -0.25) is 9.79 Å². The van der Waals surface area contributed by atoms with Crippen LogP contribution in [-0.2, 0) is 11.3 Å². The molecule has 1 aliphatic heterocycles. The molecular formula is C19H26N4O. The number of anilines is 1. The molecule has 1 fully saturated rings. The van der Waals surface area contributed by atoms with Crippen molar-refractivity contribution in [3.8, 4) is 0 Å². The van der Waals surface area contributed by atoms with Crippen molar-refractivity contribution in [1.29, 1.82) is 0 Å². The number of carbonyl (C=O) groups is 1. The molecule has 1 heterocycles. The second kappa shape index (κ2) is 7.99. The van der Waals surface area contributed by atoms with Crippen LogP contribution >= 0.6 is 0 Å². The summed E-state index contributed by atoms with van der Waals surface area (Å²) in [6, 6.07) is 8.68. The number of amides is 1. The van der Waals surface area contributed by atoms with Crippen molar-refractivity contribution >= 4 is 17.6 Å². The fourth-order valence-electron chi connectivity index (χ4n) is 3.18. The van der Waals surface area contributed by atoms with Gasteiger partial charge in [-0.2, -0.15) is 0 Å². The number of benzene rings is 1. The second-order valence-electron chi connectivity index (χ2n) is 6.38. The van der Waals surface area contributed by atoms with Gasteiger partial charge in [-0.1, -0.05) is 24.3 Å². The highest BCUT2D eigenvalue weighted by Crippen LogP contribution is 2.21. The summed E-state index contributed by atoms with van der Waals surface area (Å²) in [5, 5.41) is 6.78. The number of rotatable bonds is 4. The van der Waals surface area contributed by atoms with Gasteiger partial charge in [-0.05, 0) is 43.4 Å². The van der Waals surface area contributed by atoms with Crippen molar-refractivity contribution in [3.63, 3.8) is 0 Å². The number of piperidine rings is 1. The molecular weight excluding hydrogens is 300 g/mol. The molecule has 1 saturated heterocycles. The van der Waals surface area contributed by atoms with Gasteiger partial charge < -0.3 is 15.5 Å². The summed E-state index contributed by atoms with van der Waals surface area (Å²) in [4.78, 5) is 18.2. The Morgan fingerprint density at radius 1 is 1.21 bits per heavy atom. The van der Waals surface area contributed by atoms with E-state index in [1.165, 1.54) is 5.56 Å². The van der Waals surface area contributed by atoms with E-state index in [0.29, 0.717) is 19.0 Å². The highest BCUT2D eigenvalue weighted by Gasteiger charge is 2.19. The average molecular weight is 326 g/mol. The topological polar surface area (TPSA) is 56.7 Å².